The van der Waals surface area contributed by atoms with Crippen molar-refractivity contribution in [2.24, 2.45) is 5.92 Å². The molecule has 0 aromatic carbocycles. The quantitative estimate of drug-likeness (QED) is 0.844. The maximum absolute atomic E-state index is 12.5. The van der Waals surface area contributed by atoms with E-state index in [1.807, 2.05) is 0 Å². The Labute approximate surface area is 111 Å². The Morgan fingerprint density at radius 1 is 1.18 bits per heavy atom. The van der Waals surface area contributed by atoms with Gasteiger partial charge in [-0.3, -0.25) is 4.79 Å². The summed E-state index contributed by atoms with van der Waals surface area (Å²) in [5, 5.41) is 3.32. The van der Waals surface area contributed by atoms with Gasteiger partial charge in [0.2, 0.25) is 5.91 Å². The van der Waals surface area contributed by atoms with Crippen LogP contribution in [0.5, 0.6) is 0 Å². The molecule has 0 radical (unpaired) electrons. The molecule has 0 unspecified atom stereocenters. The first kappa shape index (κ1) is 14.8. The van der Waals surface area contributed by atoms with Crippen LogP contribution in [0.1, 0.15) is 46.0 Å². The highest BCUT2D eigenvalue weighted by molar-refractivity contribution is 5.85. The Morgan fingerprint density at radius 3 is 2.18 bits per heavy atom. The van der Waals surface area contributed by atoms with E-state index in [1.165, 1.54) is 19.3 Å². The molecular weight excluding hydrogens is 236 g/mol. The highest BCUT2D eigenvalue weighted by Crippen LogP contribution is 2.29. The molecule has 2 fully saturated rings. The molecule has 0 bridgehead atoms. The molecule has 1 aliphatic heterocycles. The maximum Gasteiger partial charge on any atom is 0.226 e. The van der Waals surface area contributed by atoms with Crippen LogP contribution in [0.25, 0.3) is 0 Å². The summed E-state index contributed by atoms with van der Waals surface area (Å²) >= 11 is 0. The molecule has 0 aromatic rings. The van der Waals surface area contributed by atoms with Crippen molar-refractivity contribution in [2.75, 3.05) is 13.1 Å². The first-order valence-corrected chi connectivity index (χ1v) is 6.73. The molecule has 3 nitrogen and oxygen atoms in total. The summed E-state index contributed by atoms with van der Waals surface area (Å²) in [5.41, 5.74) is 0. The van der Waals surface area contributed by atoms with Crippen molar-refractivity contribution in [2.45, 2.75) is 58.0 Å². The van der Waals surface area contributed by atoms with Crippen LogP contribution >= 0.6 is 12.4 Å². The minimum absolute atomic E-state index is 0. The Balaban J connectivity index is 0.00000144. The number of halogens is 1. The van der Waals surface area contributed by atoms with Crippen LogP contribution in [0.4, 0.5) is 0 Å². The molecule has 2 aliphatic rings. The zero-order valence-corrected chi connectivity index (χ0v) is 11.8. The minimum atomic E-state index is 0. The van der Waals surface area contributed by atoms with E-state index < -0.39 is 0 Å². The third kappa shape index (κ3) is 3.35. The lowest BCUT2D eigenvalue weighted by molar-refractivity contribution is -0.142. The summed E-state index contributed by atoms with van der Waals surface area (Å²) in [4.78, 5) is 14.6. The molecule has 0 spiro atoms. The smallest absolute Gasteiger partial charge is 0.226 e. The van der Waals surface area contributed by atoms with Gasteiger partial charge in [0.1, 0.15) is 0 Å². The lowest BCUT2D eigenvalue weighted by Crippen LogP contribution is -2.51. The number of rotatable bonds is 3. The van der Waals surface area contributed by atoms with E-state index in [2.05, 4.69) is 24.1 Å². The number of hydrogen-bond donors (Lipinski definition) is 1. The molecule has 0 aromatic heterocycles. The molecule has 1 amide bonds. The van der Waals surface area contributed by atoms with E-state index >= 15 is 0 Å². The van der Waals surface area contributed by atoms with Crippen molar-refractivity contribution >= 4 is 18.3 Å². The van der Waals surface area contributed by atoms with Gasteiger partial charge < -0.3 is 10.2 Å². The third-order valence-electron chi connectivity index (χ3n) is 3.97. The molecule has 1 saturated carbocycles. The van der Waals surface area contributed by atoms with Gasteiger partial charge in [0.25, 0.3) is 0 Å². The van der Waals surface area contributed by atoms with E-state index in [0.29, 0.717) is 18.0 Å². The fraction of sp³-hybridized carbons (Fsp3) is 0.923. The number of piperidine rings is 1. The third-order valence-corrected chi connectivity index (χ3v) is 3.97. The van der Waals surface area contributed by atoms with E-state index in [-0.39, 0.29) is 18.3 Å². The van der Waals surface area contributed by atoms with Gasteiger partial charge in [0.05, 0.1) is 0 Å². The first-order chi connectivity index (χ1) is 7.70. The number of carbonyl (C=O) groups excluding carboxylic acids is 1. The second kappa shape index (κ2) is 6.60. The lowest BCUT2D eigenvalue weighted by atomic mass is 9.88. The molecule has 4 heteroatoms. The highest BCUT2D eigenvalue weighted by atomic mass is 35.5. The average molecular weight is 261 g/mol. The zero-order chi connectivity index (χ0) is 11.5. The molecule has 17 heavy (non-hydrogen) atoms. The maximum atomic E-state index is 12.5. The fourth-order valence-corrected chi connectivity index (χ4v) is 2.80. The molecule has 1 N–H and O–H groups in total. The van der Waals surface area contributed by atoms with Crippen molar-refractivity contribution in [3.8, 4) is 0 Å². The van der Waals surface area contributed by atoms with Crippen LogP contribution < -0.4 is 5.32 Å². The van der Waals surface area contributed by atoms with E-state index in [1.54, 1.807) is 0 Å². The van der Waals surface area contributed by atoms with Crippen LogP contribution in [-0.2, 0) is 4.79 Å². The predicted octanol–water partition coefficient (Wildman–Crippen LogP) is 2.20. The zero-order valence-electron chi connectivity index (χ0n) is 10.9. The van der Waals surface area contributed by atoms with Gasteiger partial charge in [-0.05, 0) is 59.0 Å². The van der Waals surface area contributed by atoms with Gasteiger partial charge in [-0.2, -0.15) is 0 Å². The monoisotopic (exact) mass is 260 g/mol. The Kier molecular flexibility index (Phi) is 5.74. The number of nitrogens with zero attached hydrogens (tertiary/aromatic N) is 1. The molecular formula is C13H25ClN2O. The van der Waals surface area contributed by atoms with Crippen LogP contribution in [0.3, 0.4) is 0 Å². The van der Waals surface area contributed by atoms with Crippen molar-refractivity contribution < 1.29 is 4.79 Å². The second-order valence-corrected chi connectivity index (χ2v) is 5.45. The minimum Gasteiger partial charge on any atom is -0.337 e. The van der Waals surface area contributed by atoms with Gasteiger partial charge in [0.15, 0.2) is 0 Å². The van der Waals surface area contributed by atoms with Crippen molar-refractivity contribution in [3.63, 3.8) is 0 Å². The lowest BCUT2D eigenvalue weighted by Gasteiger charge is -2.42. The summed E-state index contributed by atoms with van der Waals surface area (Å²) < 4.78 is 0. The standard InChI is InChI=1S/C13H24N2O.ClH/c1-10(2)15(12-4-3-5-12)13(16)11-6-8-14-9-7-11;/h10-12,14H,3-9H2,1-2H3;1H. The van der Waals surface area contributed by atoms with Crippen LogP contribution in [0.15, 0.2) is 0 Å². The van der Waals surface area contributed by atoms with Gasteiger partial charge in [-0.15, -0.1) is 12.4 Å². The van der Waals surface area contributed by atoms with Gasteiger partial charge >= 0.3 is 0 Å². The average Bonchev–Trinajstić information content (AvgIpc) is 2.23. The fourth-order valence-electron chi connectivity index (χ4n) is 2.80. The molecule has 1 saturated heterocycles. The summed E-state index contributed by atoms with van der Waals surface area (Å²) in [7, 11) is 0. The van der Waals surface area contributed by atoms with Crippen LogP contribution in [0.2, 0.25) is 0 Å². The number of hydrogen-bond acceptors (Lipinski definition) is 2. The molecule has 100 valence electrons. The first-order valence-electron chi connectivity index (χ1n) is 6.73. The summed E-state index contributed by atoms with van der Waals surface area (Å²) in [5.74, 6) is 0.699. The van der Waals surface area contributed by atoms with Gasteiger partial charge in [-0.1, -0.05) is 0 Å². The van der Waals surface area contributed by atoms with Crippen molar-refractivity contribution in [1.29, 1.82) is 0 Å². The van der Waals surface area contributed by atoms with Crippen LogP contribution in [0, 0.1) is 5.92 Å². The van der Waals surface area contributed by atoms with Crippen molar-refractivity contribution in [1.82, 2.24) is 10.2 Å². The highest BCUT2D eigenvalue weighted by Gasteiger charge is 2.34. The molecule has 2 rings (SSSR count). The Hall–Kier alpha value is -0.280. The predicted molar refractivity (Wildman–Crippen MR) is 72.5 cm³/mol. The summed E-state index contributed by atoms with van der Waals surface area (Å²) in [6.45, 7) is 6.31. The van der Waals surface area contributed by atoms with E-state index in [0.717, 1.165) is 25.9 Å². The molecule has 1 heterocycles. The number of carbonyl (C=O) groups is 1. The normalized spacial score (nSPS) is 21.8. The number of amides is 1. The second-order valence-electron chi connectivity index (χ2n) is 5.45. The largest absolute Gasteiger partial charge is 0.337 e. The molecule has 0 atom stereocenters. The number of nitrogens with one attached hydrogen (secondary N) is 1. The van der Waals surface area contributed by atoms with Gasteiger partial charge in [-0.25, -0.2) is 0 Å². The molecule has 1 aliphatic carbocycles. The Morgan fingerprint density at radius 2 is 1.76 bits per heavy atom. The summed E-state index contributed by atoms with van der Waals surface area (Å²) in [6.07, 6.45) is 5.78. The topological polar surface area (TPSA) is 32.3 Å². The SMILES string of the molecule is CC(C)N(C(=O)C1CCNCC1)C1CCC1.Cl. The van der Waals surface area contributed by atoms with E-state index in [4.69, 9.17) is 0 Å². The van der Waals surface area contributed by atoms with E-state index in [9.17, 15) is 4.79 Å². The summed E-state index contributed by atoms with van der Waals surface area (Å²) in [6, 6.07) is 0.912. The van der Waals surface area contributed by atoms with Crippen molar-refractivity contribution in [3.05, 3.63) is 0 Å². The Bertz CT molecular complexity index is 248. The van der Waals surface area contributed by atoms with Gasteiger partial charge in [0, 0.05) is 18.0 Å². The van der Waals surface area contributed by atoms with Crippen LogP contribution in [-0.4, -0.2) is 36.0 Å².